The summed E-state index contributed by atoms with van der Waals surface area (Å²) in [4.78, 5) is 14.8. The molecule has 0 saturated heterocycles. The smallest absolute Gasteiger partial charge is 0.327 e. The molecular weight excluding hydrogens is 252 g/mol. The van der Waals surface area contributed by atoms with Crippen molar-refractivity contribution in [2.75, 3.05) is 27.2 Å². The summed E-state index contributed by atoms with van der Waals surface area (Å²) in [5.74, 6) is 1.27. The van der Waals surface area contributed by atoms with E-state index < -0.39 is 5.54 Å². The van der Waals surface area contributed by atoms with Crippen molar-refractivity contribution in [1.29, 1.82) is 0 Å². The van der Waals surface area contributed by atoms with E-state index in [2.05, 4.69) is 17.3 Å². The van der Waals surface area contributed by atoms with Crippen molar-refractivity contribution in [2.24, 2.45) is 11.8 Å². The van der Waals surface area contributed by atoms with E-state index in [1.165, 1.54) is 39.2 Å². The van der Waals surface area contributed by atoms with Crippen LogP contribution in [-0.2, 0) is 9.53 Å². The van der Waals surface area contributed by atoms with E-state index in [1.807, 2.05) is 0 Å². The number of likely N-dealkylation sites (N-methyl/N-ethyl adjacent to an activating group) is 1. The quantitative estimate of drug-likeness (QED) is 0.688. The minimum atomic E-state index is -0.450. The zero-order valence-corrected chi connectivity index (χ0v) is 12.9. The number of ether oxygens (including phenoxy) is 1. The maximum Gasteiger partial charge on any atom is 0.327 e. The van der Waals surface area contributed by atoms with E-state index in [1.54, 1.807) is 0 Å². The molecule has 4 nitrogen and oxygen atoms in total. The van der Waals surface area contributed by atoms with Gasteiger partial charge in [0.25, 0.3) is 0 Å². The molecule has 3 saturated carbocycles. The topological polar surface area (TPSA) is 41.6 Å². The summed E-state index contributed by atoms with van der Waals surface area (Å²) in [6.45, 7) is 1.93. The number of rotatable bonds is 8. The summed E-state index contributed by atoms with van der Waals surface area (Å²) in [7, 11) is 3.69. The monoisotopic (exact) mass is 280 g/mol. The molecule has 0 amide bonds. The van der Waals surface area contributed by atoms with Crippen LogP contribution in [0.3, 0.4) is 0 Å². The molecule has 4 heteroatoms. The second kappa shape index (κ2) is 5.64. The van der Waals surface area contributed by atoms with Crippen LogP contribution in [0.25, 0.3) is 0 Å². The van der Waals surface area contributed by atoms with Crippen LogP contribution in [0, 0.1) is 11.8 Å². The average Bonchev–Trinajstić information content (AvgIpc) is 3.23. The molecule has 0 spiro atoms. The molecule has 1 unspecified atom stereocenters. The van der Waals surface area contributed by atoms with E-state index in [9.17, 15) is 4.79 Å². The van der Waals surface area contributed by atoms with Crippen LogP contribution in [0.4, 0.5) is 0 Å². The lowest BCUT2D eigenvalue weighted by Gasteiger charge is -2.38. The molecule has 0 aromatic heterocycles. The Kier molecular flexibility index (Phi) is 4.04. The maximum atomic E-state index is 12.5. The van der Waals surface area contributed by atoms with Crippen LogP contribution >= 0.6 is 0 Å². The highest BCUT2D eigenvalue weighted by Crippen LogP contribution is 2.43. The van der Waals surface area contributed by atoms with Gasteiger partial charge in [0, 0.05) is 19.1 Å². The van der Waals surface area contributed by atoms with Crippen LogP contribution in [0.5, 0.6) is 0 Å². The number of nitrogens with one attached hydrogen (secondary N) is 1. The number of methoxy groups -OCH3 is 1. The van der Waals surface area contributed by atoms with E-state index in [0.717, 1.165) is 31.8 Å². The van der Waals surface area contributed by atoms with Crippen LogP contribution in [0.2, 0.25) is 0 Å². The standard InChI is InChI=1S/C16H28N2O2/c1-18(10-12-4-3-5-12)11-16(13-6-7-13,15(19)20-2)17-14-8-9-14/h12-14,17H,3-11H2,1-2H3. The molecule has 3 aliphatic rings. The van der Waals surface area contributed by atoms with Crippen molar-refractivity contribution in [3.63, 3.8) is 0 Å². The number of carbonyl (C=O) groups is 1. The molecule has 1 N–H and O–H groups in total. The molecule has 3 rings (SSSR count). The lowest BCUT2D eigenvalue weighted by molar-refractivity contribution is -0.151. The Balaban J connectivity index is 1.67. The van der Waals surface area contributed by atoms with Gasteiger partial charge < -0.3 is 9.64 Å². The molecule has 0 bridgehead atoms. The van der Waals surface area contributed by atoms with Crippen molar-refractivity contribution in [3.8, 4) is 0 Å². The highest BCUT2D eigenvalue weighted by atomic mass is 16.5. The second-order valence-electron chi connectivity index (χ2n) is 7.15. The summed E-state index contributed by atoms with van der Waals surface area (Å²) in [6, 6.07) is 0.534. The van der Waals surface area contributed by atoms with Crippen molar-refractivity contribution in [1.82, 2.24) is 10.2 Å². The second-order valence-corrected chi connectivity index (χ2v) is 7.15. The SMILES string of the molecule is COC(=O)C(CN(C)CC1CCC1)(NC1CC1)C1CC1. The molecule has 0 aromatic rings. The Morgan fingerprint density at radius 1 is 1.25 bits per heavy atom. The zero-order valence-electron chi connectivity index (χ0n) is 12.9. The number of hydrogen-bond acceptors (Lipinski definition) is 4. The predicted molar refractivity (Wildman–Crippen MR) is 78.5 cm³/mol. The van der Waals surface area contributed by atoms with Gasteiger partial charge in [0.2, 0.25) is 0 Å². The fourth-order valence-corrected chi connectivity index (χ4v) is 3.54. The van der Waals surface area contributed by atoms with Crippen molar-refractivity contribution in [3.05, 3.63) is 0 Å². The van der Waals surface area contributed by atoms with Crippen molar-refractivity contribution in [2.45, 2.75) is 56.5 Å². The molecule has 0 radical (unpaired) electrons. The van der Waals surface area contributed by atoms with Gasteiger partial charge in [0.1, 0.15) is 5.54 Å². The van der Waals surface area contributed by atoms with Gasteiger partial charge in [0.15, 0.2) is 0 Å². The molecule has 114 valence electrons. The third kappa shape index (κ3) is 3.01. The summed E-state index contributed by atoms with van der Waals surface area (Å²) in [5, 5.41) is 3.64. The Morgan fingerprint density at radius 3 is 2.40 bits per heavy atom. The summed E-state index contributed by atoms with van der Waals surface area (Å²) in [5.41, 5.74) is -0.450. The molecule has 0 aliphatic heterocycles. The van der Waals surface area contributed by atoms with Crippen LogP contribution in [0.1, 0.15) is 44.9 Å². The lowest BCUT2D eigenvalue weighted by Crippen LogP contribution is -2.61. The molecular formula is C16H28N2O2. The van der Waals surface area contributed by atoms with Crippen molar-refractivity contribution < 1.29 is 9.53 Å². The normalized spacial score (nSPS) is 26.1. The van der Waals surface area contributed by atoms with E-state index in [4.69, 9.17) is 4.74 Å². The Labute approximate surface area is 122 Å². The highest BCUT2D eigenvalue weighted by molar-refractivity contribution is 5.82. The molecule has 1 atom stereocenters. The van der Waals surface area contributed by atoms with Gasteiger partial charge in [-0.25, -0.2) is 4.79 Å². The number of hydrogen-bond donors (Lipinski definition) is 1. The number of nitrogens with zero attached hydrogens (tertiary/aromatic N) is 1. The minimum absolute atomic E-state index is 0.0487. The third-order valence-corrected chi connectivity index (χ3v) is 5.18. The van der Waals surface area contributed by atoms with Gasteiger partial charge in [-0.05, 0) is 57.4 Å². The Morgan fingerprint density at radius 2 is 1.95 bits per heavy atom. The van der Waals surface area contributed by atoms with Gasteiger partial charge in [-0.1, -0.05) is 6.42 Å². The van der Waals surface area contributed by atoms with E-state index >= 15 is 0 Å². The van der Waals surface area contributed by atoms with Crippen LogP contribution < -0.4 is 5.32 Å². The van der Waals surface area contributed by atoms with Gasteiger partial charge in [-0.2, -0.15) is 0 Å². The van der Waals surface area contributed by atoms with Crippen molar-refractivity contribution >= 4 is 5.97 Å². The Bertz CT molecular complexity index is 361. The summed E-state index contributed by atoms with van der Waals surface area (Å²) >= 11 is 0. The molecule has 3 aliphatic carbocycles. The fraction of sp³-hybridized carbons (Fsp3) is 0.938. The van der Waals surface area contributed by atoms with Crippen LogP contribution in [0.15, 0.2) is 0 Å². The maximum absolute atomic E-state index is 12.5. The molecule has 20 heavy (non-hydrogen) atoms. The van der Waals surface area contributed by atoms with Gasteiger partial charge in [-0.15, -0.1) is 0 Å². The Hall–Kier alpha value is -0.610. The minimum Gasteiger partial charge on any atom is -0.468 e. The largest absolute Gasteiger partial charge is 0.468 e. The molecule has 3 fully saturated rings. The first-order chi connectivity index (χ1) is 9.64. The molecule has 0 heterocycles. The number of esters is 1. The van der Waals surface area contributed by atoms with Gasteiger partial charge >= 0.3 is 5.97 Å². The fourth-order valence-electron chi connectivity index (χ4n) is 3.54. The average molecular weight is 280 g/mol. The summed E-state index contributed by atoms with van der Waals surface area (Å²) in [6.07, 6.45) is 8.82. The first-order valence-electron chi connectivity index (χ1n) is 8.18. The van der Waals surface area contributed by atoms with Crippen LogP contribution in [-0.4, -0.2) is 49.7 Å². The van der Waals surface area contributed by atoms with Gasteiger partial charge in [-0.3, -0.25) is 5.32 Å². The van der Waals surface area contributed by atoms with E-state index in [0.29, 0.717) is 12.0 Å². The first-order valence-corrected chi connectivity index (χ1v) is 8.18. The first kappa shape index (κ1) is 14.3. The molecule has 0 aromatic carbocycles. The van der Waals surface area contributed by atoms with Gasteiger partial charge in [0.05, 0.1) is 7.11 Å². The third-order valence-electron chi connectivity index (χ3n) is 5.18. The van der Waals surface area contributed by atoms with E-state index in [-0.39, 0.29) is 5.97 Å². The highest BCUT2D eigenvalue weighted by Gasteiger charge is 2.54. The zero-order chi connectivity index (χ0) is 14.2. The lowest BCUT2D eigenvalue weighted by atomic mass is 9.84. The summed E-state index contributed by atoms with van der Waals surface area (Å²) < 4.78 is 5.16. The predicted octanol–water partition coefficient (Wildman–Crippen LogP) is 1.79. The number of carbonyl (C=O) groups excluding carboxylic acids is 1.